The molecule has 6 aromatic rings. The van der Waals surface area contributed by atoms with E-state index in [4.69, 9.17) is 59.9 Å². The Morgan fingerprint density at radius 3 is 0.321 bits per heavy atom. The van der Waals surface area contributed by atoms with Gasteiger partial charge in [-0.25, -0.2) is 0 Å². The highest BCUT2D eigenvalue weighted by Crippen LogP contribution is 2.30. The number of hydrogen-bond donors (Lipinski definition) is 0. The summed E-state index contributed by atoms with van der Waals surface area (Å²) in [4.78, 5) is 69.0. The molecular formula is C96H132N16. The van der Waals surface area contributed by atoms with Gasteiger partial charge in [-0.15, -0.1) is 0 Å². The van der Waals surface area contributed by atoms with Gasteiger partial charge in [-0.2, -0.15) is 0 Å². The van der Waals surface area contributed by atoms with Crippen LogP contribution < -0.4 is 0 Å². The van der Waals surface area contributed by atoms with Crippen LogP contribution in [0, 0.1) is 0 Å². The van der Waals surface area contributed by atoms with E-state index in [2.05, 4.69) is 253 Å². The fourth-order valence-corrected chi connectivity index (χ4v) is 13.3. The molecule has 596 valence electrons. The molecule has 0 fully saturated rings. The first-order chi connectivity index (χ1) is 53.2. The first-order valence-corrected chi connectivity index (χ1v) is 41.0. The predicted octanol–water partition coefficient (Wildman–Crippen LogP) is 16.2. The molecule has 16 heteroatoms. The number of aliphatic imine (C=N–C) groups is 12. The third kappa shape index (κ3) is 30.3. The Labute approximate surface area is 673 Å². The lowest BCUT2D eigenvalue weighted by Gasteiger charge is -2.21. The van der Waals surface area contributed by atoms with Crippen LogP contribution in [0.1, 0.15) is 225 Å². The maximum Gasteiger partial charge on any atom is 0.0517 e. The van der Waals surface area contributed by atoms with E-state index in [-0.39, 0.29) is 32.5 Å². The Balaban J connectivity index is 0.000000257. The van der Waals surface area contributed by atoms with Crippen LogP contribution in [0.25, 0.3) is 0 Å². The summed E-state index contributed by atoms with van der Waals surface area (Å²) in [6, 6.07) is 40.3. The number of fused-ring (bicyclic) bond motifs is 24. The molecule has 16 nitrogen and oxygen atoms in total. The van der Waals surface area contributed by atoms with Gasteiger partial charge in [0.15, 0.2) is 0 Å². The normalized spacial score (nSPS) is 19.7. The molecular weight excluding hydrogens is 1380 g/mol. The zero-order valence-corrected chi connectivity index (χ0v) is 71.4. The molecule has 0 N–H and O–H groups in total. The minimum Gasteiger partial charge on any atom is -0.298 e. The zero-order valence-electron chi connectivity index (χ0n) is 71.4. The van der Waals surface area contributed by atoms with Crippen LogP contribution >= 0.6 is 0 Å². The Morgan fingerprint density at radius 1 is 0.152 bits per heavy atom. The van der Waals surface area contributed by atoms with Crippen molar-refractivity contribution in [3.8, 4) is 0 Å². The van der Waals surface area contributed by atoms with Gasteiger partial charge in [-0.3, -0.25) is 79.5 Å². The van der Waals surface area contributed by atoms with E-state index in [0.717, 1.165) is 145 Å². The van der Waals surface area contributed by atoms with E-state index in [1.54, 1.807) is 0 Å². The number of hydrogen-bond acceptors (Lipinski definition) is 16. The van der Waals surface area contributed by atoms with Gasteiger partial charge in [0.25, 0.3) is 0 Å². The number of rotatable bonds is 0. The second kappa shape index (κ2) is 41.3. The lowest BCUT2D eigenvalue weighted by molar-refractivity contribution is 0.298. The highest BCUT2D eigenvalue weighted by molar-refractivity contribution is 5.91. The highest BCUT2D eigenvalue weighted by Gasteiger charge is 2.22. The van der Waals surface area contributed by atoms with Crippen LogP contribution in [0.15, 0.2) is 169 Å². The summed E-state index contributed by atoms with van der Waals surface area (Å²) < 4.78 is 0. The molecule has 0 aliphatic carbocycles. The minimum atomic E-state index is 0.0106. The van der Waals surface area contributed by atoms with Gasteiger partial charge in [0.2, 0.25) is 0 Å². The van der Waals surface area contributed by atoms with Crippen molar-refractivity contribution >= 4 is 74.6 Å². The smallest absolute Gasteiger partial charge is 0.0517 e. The molecule has 0 saturated heterocycles. The molecule has 6 aliphatic heterocycles. The van der Waals surface area contributed by atoms with Crippen molar-refractivity contribution in [1.82, 2.24) is 19.6 Å². The Bertz CT molecular complexity index is 3470. The third-order valence-corrected chi connectivity index (χ3v) is 20.5. The van der Waals surface area contributed by atoms with E-state index in [0.29, 0.717) is 78.5 Å². The molecule has 6 aromatic carbocycles. The van der Waals surface area contributed by atoms with Gasteiger partial charge in [-0.1, -0.05) is 125 Å². The summed E-state index contributed by atoms with van der Waals surface area (Å²) in [6.45, 7) is 58.9. The molecule has 16 bridgehead atoms. The molecule has 12 rings (SSSR count). The van der Waals surface area contributed by atoms with Crippen LogP contribution in [0.4, 0.5) is 0 Å². The van der Waals surface area contributed by atoms with E-state index in [1.807, 2.05) is 74.6 Å². The SMILES string of the molecule is CC(C)(C)c1cc2cc(c1)C=NCCN1CCN=Cc3cc(cc(C(C)(C)C)c3)C=NCCN(CCN=C2)CCN=Cc2cc(cc(C(C)(C)C)c2)C=NCC1.CC(C)(C)c1cc2cc(c1)C=NCCN1CCN=Cc3cc(cc(C(C)(C)C)c3)C=NCCN(CCN=C2)CCN=Cc2cc(cc(C(C)(C)C)c2)C=NCC1. The van der Waals surface area contributed by atoms with Crippen molar-refractivity contribution in [2.75, 3.05) is 157 Å². The van der Waals surface area contributed by atoms with Crippen molar-refractivity contribution in [2.24, 2.45) is 59.9 Å². The second-order valence-corrected chi connectivity index (χ2v) is 36.6. The van der Waals surface area contributed by atoms with Gasteiger partial charge in [0.1, 0.15) is 0 Å². The van der Waals surface area contributed by atoms with Crippen molar-refractivity contribution in [3.63, 3.8) is 0 Å². The maximum absolute atomic E-state index is 4.94. The van der Waals surface area contributed by atoms with Crippen LogP contribution in [0.3, 0.4) is 0 Å². The lowest BCUT2D eigenvalue weighted by atomic mass is 9.85. The zero-order chi connectivity index (χ0) is 80.4. The topological polar surface area (TPSA) is 161 Å². The van der Waals surface area contributed by atoms with Gasteiger partial charge in [0, 0.05) is 153 Å². The molecule has 0 aromatic heterocycles. The Kier molecular flexibility index (Phi) is 32.1. The summed E-state index contributed by atoms with van der Waals surface area (Å²) in [5.41, 5.74) is 21.0. The molecule has 112 heavy (non-hydrogen) atoms. The summed E-state index contributed by atoms with van der Waals surface area (Å²) in [6.07, 6.45) is 24.3. The first-order valence-electron chi connectivity index (χ1n) is 41.0. The maximum atomic E-state index is 4.94. The van der Waals surface area contributed by atoms with Crippen molar-refractivity contribution in [3.05, 3.63) is 209 Å². The molecule has 6 heterocycles. The van der Waals surface area contributed by atoms with Crippen molar-refractivity contribution in [1.29, 1.82) is 0 Å². The van der Waals surface area contributed by atoms with Gasteiger partial charge in [0.05, 0.1) is 78.5 Å². The van der Waals surface area contributed by atoms with Crippen LogP contribution in [0.2, 0.25) is 0 Å². The van der Waals surface area contributed by atoms with E-state index in [1.165, 1.54) is 33.4 Å². The van der Waals surface area contributed by atoms with Crippen LogP contribution in [0.5, 0.6) is 0 Å². The summed E-state index contributed by atoms with van der Waals surface area (Å²) in [5, 5.41) is 0. The average Bonchev–Trinajstić information content (AvgIpc) is 0.863. The summed E-state index contributed by atoms with van der Waals surface area (Å²) >= 11 is 0. The predicted molar refractivity (Wildman–Crippen MR) is 486 cm³/mol. The molecule has 0 atom stereocenters. The van der Waals surface area contributed by atoms with Crippen molar-refractivity contribution in [2.45, 2.75) is 157 Å². The number of benzene rings is 6. The Hall–Kier alpha value is -8.80. The van der Waals surface area contributed by atoms with Crippen LogP contribution in [-0.2, 0) is 32.5 Å². The molecule has 0 spiro atoms. The minimum absolute atomic E-state index is 0.0106. The van der Waals surface area contributed by atoms with Gasteiger partial charge in [-0.05, 0) is 242 Å². The third-order valence-electron chi connectivity index (χ3n) is 20.5. The lowest BCUT2D eigenvalue weighted by Crippen LogP contribution is -2.31. The van der Waals surface area contributed by atoms with Gasteiger partial charge < -0.3 is 0 Å². The first kappa shape index (κ1) is 87.2. The average molecular weight is 1510 g/mol. The molecule has 6 aliphatic rings. The second-order valence-electron chi connectivity index (χ2n) is 36.6. The fraction of sp³-hybridized carbons (Fsp3) is 0.500. The molecule has 0 amide bonds. The molecule has 0 saturated carbocycles. The van der Waals surface area contributed by atoms with Crippen molar-refractivity contribution < 1.29 is 0 Å². The van der Waals surface area contributed by atoms with Gasteiger partial charge >= 0.3 is 0 Å². The fourth-order valence-electron chi connectivity index (χ4n) is 13.3. The summed E-state index contributed by atoms with van der Waals surface area (Å²) in [5.74, 6) is 0. The van der Waals surface area contributed by atoms with Crippen LogP contribution in [-0.4, -0.2) is 251 Å². The van der Waals surface area contributed by atoms with E-state index >= 15 is 0 Å². The largest absolute Gasteiger partial charge is 0.298 e. The monoisotopic (exact) mass is 1510 g/mol. The molecule has 0 radical (unpaired) electrons. The molecule has 0 unspecified atom stereocenters. The van der Waals surface area contributed by atoms with E-state index in [9.17, 15) is 0 Å². The quantitative estimate of drug-likeness (QED) is 0.148. The summed E-state index contributed by atoms with van der Waals surface area (Å²) in [7, 11) is 0. The van der Waals surface area contributed by atoms with E-state index < -0.39 is 0 Å². The Morgan fingerprint density at radius 2 is 0.241 bits per heavy atom. The highest BCUT2D eigenvalue weighted by atomic mass is 15.2. The standard InChI is InChI=1S/2C48H66N8/c2*1-46(2,3)43-25-37-22-38(26-43)32-50-11-17-56-19-13-52-34-40-23-39(27-44(28-40)47(4,5)6)33-51-12-18-55(16-10-49-31-37)20-14-53-35-41-24-42(36-54-15-21-56)30-45(29-41)48(7,8)9/h2*22-36H,10-21H2,1-9H3. The number of nitrogens with zero attached hydrogens (tertiary/aromatic N) is 16.